The van der Waals surface area contributed by atoms with Gasteiger partial charge in [-0.1, -0.05) is 42.5 Å². The second-order valence-electron chi connectivity index (χ2n) is 7.42. The standard InChI is InChI=1S/C24H26N2O2/c1-28-21-13-9-19(10-14-21)24(18-7-8-18)26-23(27)16-12-20-11-15-22(25-20)17-5-3-2-4-6-17/h2-6,9-11,13-15,18,24-25H,7-8,12,16H2,1H3,(H,26,27). The van der Waals surface area contributed by atoms with Gasteiger partial charge in [-0.3, -0.25) is 4.79 Å². The number of rotatable bonds is 8. The monoisotopic (exact) mass is 374 g/mol. The molecule has 0 radical (unpaired) electrons. The topological polar surface area (TPSA) is 54.1 Å². The maximum absolute atomic E-state index is 12.6. The lowest BCUT2D eigenvalue weighted by Gasteiger charge is -2.19. The van der Waals surface area contributed by atoms with Crippen molar-refractivity contribution >= 4 is 5.91 Å². The summed E-state index contributed by atoms with van der Waals surface area (Å²) in [5.74, 6) is 1.49. The Morgan fingerprint density at radius 3 is 2.50 bits per heavy atom. The molecule has 2 N–H and O–H groups in total. The number of carbonyl (C=O) groups is 1. The number of hydrogen-bond donors (Lipinski definition) is 2. The summed E-state index contributed by atoms with van der Waals surface area (Å²) in [5, 5.41) is 3.25. The smallest absolute Gasteiger partial charge is 0.220 e. The molecule has 1 heterocycles. The van der Waals surface area contributed by atoms with Crippen LogP contribution in [0.15, 0.2) is 66.7 Å². The Hall–Kier alpha value is -3.01. The van der Waals surface area contributed by atoms with Gasteiger partial charge in [-0.2, -0.15) is 0 Å². The van der Waals surface area contributed by atoms with E-state index < -0.39 is 0 Å². The number of aromatic amines is 1. The molecule has 1 amide bonds. The minimum atomic E-state index is 0.0990. The van der Waals surface area contributed by atoms with Gasteiger partial charge < -0.3 is 15.0 Å². The van der Waals surface area contributed by atoms with Crippen molar-refractivity contribution in [2.75, 3.05) is 7.11 Å². The minimum absolute atomic E-state index is 0.0990. The molecule has 1 aromatic heterocycles. The van der Waals surface area contributed by atoms with E-state index in [1.807, 2.05) is 30.3 Å². The summed E-state index contributed by atoms with van der Waals surface area (Å²) < 4.78 is 5.24. The summed E-state index contributed by atoms with van der Waals surface area (Å²) in [6, 6.07) is 22.5. The first-order chi connectivity index (χ1) is 13.7. The van der Waals surface area contributed by atoms with Crippen molar-refractivity contribution in [3.8, 4) is 17.0 Å². The molecule has 2 aromatic carbocycles. The molecule has 0 saturated heterocycles. The molecule has 1 fully saturated rings. The van der Waals surface area contributed by atoms with E-state index in [-0.39, 0.29) is 11.9 Å². The van der Waals surface area contributed by atoms with Gasteiger partial charge >= 0.3 is 0 Å². The predicted molar refractivity (Wildman–Crippen MR) is 111 cm³/mol. The maximum atomic E-state index is 12.6. The SMILES string of the molecule is COc1ccc(C(NC(=O)CCc2ccc(-c3ccccc3)[nH]2)C2CC2)cc1. The van der Waals surface area contributed by atoms with Crippen LogP contribution in [0.1, 0.15) is 36.6 Å². The molecular formula is C24H26N2O2. The van der Waals surface area contributed by atoms with Gasteiger partial charge in [0.2, 0.25) is 5.91 Å². The van der Waals surface area contributed by atoms with Crippen molar-refractivity contribution in [1.82, 2.24) is 10.3 Å². The van der Waals surface area contributed by atoms with Crippen LogP contribution in [-0.4, -0.2) is 18.0 Å². The van der Waals surface area contributed by atoms with Gasteiger partial charge in [0.25, 0.3) is 0 Å². The molecule has 144 valence electrons. The Bertz CT molecular complexity index is 911. The molecule has 3 aromatic rings. The van der Waals surface area contributed by atoms with Gasteiger partial charge in [-0.25, -0.2) is 0 Å². The number of hydrogen-bond acceptors (Lipinski definition) is 2. The van der Waals surface area contributed by atoms with Crippen LogP contribution in [0.5, 0.6) is 5.75 Å². The van der Waals surface area contributed by atoms with E-state index in [0.29, 0.717) is 18.8 Å². The molecule has 1 aliphatic carbocycles. The van der Waals surface area contributed by atoms with E-state index in [0.717, 1.165) is 28.3 Å². The van der Waals surface area contributed by atoms with Crippen LogP contribution in [0.3, 0.4) is 0 Å². The Morgan fingerprint density at radius 2 is 1.82 bits per heavy atom. The average Bonchev–Trinajstić information content (AvgIpc) is 3.48. The van der Waals surface area contributed by atoms with E-state index in [9.17, 15) is 4.79 Å². The van der Waals surface area contributed by atoms with Gasteiger partial charge in [-0.15, -0.1) is 0 Å². The fraction of sp³-hybridized carbons (Fsp3) is 0.292. The Morgan fingerprint density at radius 1 is 1.07 bits per heavy atom. The molecule has 1 unspecified atom stereocenters. The number of aromatic nitrogens is 1. The Labute approximate surface area is 165 Å². The van der Waals surface area contributed by atoms with Crippen molar-refractivity contribution in [3.05, 3.63) is 78.0 Å². The summed E-state index contributed by atoms with van der Waals surface area (Å²) >= 11 is 0. The molecule has 4 nitrogen and oxygen atoms in total. The largest absolute Gasteiger partial charge is 0.497 e. The molecule has 0 aliphatic heterocycles. The summed E-state index contributed by atoms with van der Waals surface area (Å²) in [4.78, 5) is 16.0. The first-order valence-electron chi connectivity index (χ1n) is 9.89. The van der Waals surface area contributed by atoms with Gasteiger partial charge in [0.05, 0.1) is 13.2 Å². The van der Waals surface area contributed by atoms with Crippen LogP contribution in [0.4, 0.5) is 0 Å². The average molecular weight is 374 g/mol. The van der Waals surface area contributed by atoms with E-state index in [1.165, 1.54) is 12.8 Å². The number of H-pyrrole nitrogens is 1. The lowest BCUT2D eigenvalue weighted by Crippen LogP contribution is -2.30. The van der Waals surface area contributed by atoms with Crippen LogP contribution >= 0.6 is 0 Å². The van der Waals surface area contributed by atoms with Gasteiger partial charge in [0.1, 0.15) is 5.75 Å². The van der Waals surface area contributed by atoms with Crippen molar-refractivity contribution in [1.29, 1.82) is 0 Å². The summed E-state index contributed by atoms with van der Waals surface area (Å²) in [6.45, 7) is 0. The Kier molecular flexibility index (Phi) is 5.47. The molecule has 0 spiro atoms. The first kappa shape index (κ1) is 18.4. The van der Waals surface area contributed by atoms with Gasteiger partial charge in [-0.05, 0) is 60.6 Å². The van der Waals surface area contributed by atoms with Gasteiger partial charge in [0, 0.05) is 17.8 Å². The fourth-order valence-corrected chi connectivity index (χ4v) is 3.58. The zero-order valence-electron chi connectivity index (χ0n) is 16.2. The zero-order chi connectivity index (χ0) is 19.3. The number of nitrogens with one attached hydrogen (secondary N) is 2. The number of amides is 1. The molecule has 1 aliphatic rings. The highest BCUT2D eigenvalue weighted by Gasteiger charge is 2.33. The molecule has 28 heavy (non-hydrogen) atoms. The second-order valence-corrected chi connectivity index (χ2v) is 7.42. The Balaban J connectivity index is 1.35. The van der Waals surface area contributed by atoms with E-state index in [1.54, 1.807) is 7.11 Å². The molecular weight excluding hydrogens is 348 g/mol. The zero-order valence-corrected chi connectivity index (χ0v) is 16.2. The second kappa shape index (κ2) is 8.34. The van der Waals surface area contributed by atoms with Crippen molar-refractivity contribution in [2.24, 2.45) is 5.92 Å². The summed E-state index contributed by atoms with van der Waals surface area (Å²) in [6.07, 6.45) is 3.54. The third-order valence-corrected chi connectivity index (χ3v) is 5.34. The van der Waals surface area contributed by atoms with Crippen LogP contribution in [-0.2, 0) is 11.2 Å². The number of methoxy groups -OCH3 is 1. The lowest BCUT2D eigenvalue weighted by atomic mass is 10.0. The van der Waals surface area contributed by atoms with Crippen LogP contribution in [0.25, 0.3) is 11.3 Å². The molecule has 4 rings (SSSR count). The van der Waals surface area contributed by atoms with E-state index in [2.05, 4.69) is 46.7 Å². The quantitative estimate of drug-likeness (QED) is 0.590. The van der Waals surface area contributed by atoms with Crippen LogP contribution in [0, 0.1) is 5.92 Å². The van der Waals surface area contributed by atoms with Crippen LogP contribution in [0.2, 0.25) is 0 Å². The third-order valence-electron chi connectivity index (χ3n) is 5.34. The predicted octanol–water partition coefficient (Wildman–Crippen LogP) is 4.89. The van der Waals surface area contributed by atoms with Crippen LogP contribution < -0.4 is 10.1 Å². The van der Waals surface area contributed by atoms with E-state index in [4.69, 9.17) is 4.74 Å². The number of aryl methyl sites for hydroxylation is 1. The highest BCUT2D eigenvalue weighted by atomic mass is 16.5. The normalized spacial score (nSPS) is 14.5. The third kappa shape index (κ3) is 4.45. The van der Waals surface area contributed by atoms with Crippen molar-refractivity contribution in [3.63, 3.8) is 0 Å². The fourth-order valence-electron chi connectivity index (χ4n) is 3.58. The molecule has 1 atom stereocenters. The first-order valence-corrected chi connectivity index (χ1v) is 9.89. The van der Waals surface area contributed by atoms with E-state index >= 15 is 0 Å². The number of carbonyl (C=O) groups excluding carboxylic acids is 1. The lowest BCUT2D eigenvalue weighted by molar-refractivity contribution is -0.122. The molecule has 0 bridgehead atoms. The van der Waals surface area contributed by atoms with Crippen molar-refractivity contribution in [2.45, 2.75) is 31.7 Å². The highest BCUT2D eigenvalue weighted by Crippen LogP contribution is 2.41. The maximum Gasteiger partial charge on any atom is 0.220 e. The van der Waals surface area contributed by atoms with Crippen molar-refractivity contribution < 1.29 is 9.53 Å². The highest BCUT2D eigenvalue weighted by molar-refractivity contribution is 5.76. The molecule has 4 heteroatoms. The summed E-state index contributed by atoms with van der Waals surface area (Å²) in [5.41, 5.74) is 4.49. The number of benzene rings is 2. The summed E-state index contributed by atoms with van der Waals surface area (Å²) in [7, 11) is 1.67. The van der Waals surface area contributed by atoms with Gasteiger partial charge in [0.15, 0.2) is 0 Å². The number of ether oxygens (including phenoxy) is 1. The minimum Gasteiger partial charge on any atom is -0.497 e. The molecule has 1 saturated carbocycles.